The molecule has 10 atom stereocenters. The Kier molecular flexibility index (Phi) is 7.27. The number of rotatable bonds is 5. The molecule has 2 aliphatic rings. The summed E-state index contributed by atoms with van der Waals surface area (Å²) in [5.74, 6) is -0.574. The fourth-order valence-corrected chi connectivity index (χ4v) is 2.97. The van der Waals surface area contributed by atoms with E-state index in [2.05, 4.69) is 5.32 Å². The number of hydrogen-bond acceptors (Lipinski definition) is 11. The molecule has 1 amide bonds. The van der Waals surface area contributed by atoms with Crippen LogP contribution in [0.5, 0.6) is 0 Å². The Balaban J connectivity index is 2.21. The quantitative estimate of drug-likeness (QED) is 0.226. The van der Waals surface area contributed by atoms with Crippen LogP contribution < -0.4 is 5.32 Å². The molecular weight excluding hydrogens is 358 g/mol. The first-order valence-electron chi connectivity index (χ1n) is 8.06. The molecule has 5 unspecified atom stereocenters. The molecule has 8 N–H and O–H groups in total. The third kappa shape index (κ3) is 4.31. The van der Waals surface area contributed by atoms with E-state index in [1.54, 1.807) is 0 Å². The normalized spacial score (nSPS) is 46.8. The Morgan fingerprint density at radius 3 is 2.04 bits per heavy atom. The van der Waals surface area contributed by atoms with Gasteiger partial charge in [-0.1, -0.05) is 0 Å². The molecule has 12 heteroatoms. The topological polar surface area (TPSA) is 198 Å². The molecule has 2 saturated heterocycles. The molecule has 0 aromatic heterocycles. The highest BCUT2D eigenvalue weighted by molar-refractivity contribution is 5.73. The summed E-state index contributed by atoms with van der Waals surface area (Å²) >= 11 is 0. The summed E-state index contributed by atoms with van der Waals surface area (Å²) in [6, 6.07) is -1.28. The fraction of sp³-hybridized carbons (Fsp3) is 0.929. The summed E-state index contributed by atoms with van der Waals surface area (Å²) in [6.07, 6.45) is -13.7. The number of carbonyl (C=O) groups is 1. The summed E-state index contributed by atoms with van der Waals surface area (Å²) in [5.41, 5.74) is 0. The van der Waals surface area contributed by atoms with Gasteiger partial charge in [-0.15, -0.1) is 0 Å². The molecule has 2 fully saturated rings. The van der Waals surface area contributed by atoms with Gasteiger partial charge < -0.3 is 55.3 Å². The Labute approximate surface area is 148 Å². The number of ether oxygens (including phenoxy) is 3. The standard InChI is InChI=1S/C14H25NO11/c1-4(18)15-7-12(9(20)6(3-17)24-13(7)23)26-14-11(22)10(21)8(19)5(2-16)25-14/h5-14,16-17,19-23H,2-3H2,1H3,(H,15,18)/t5?,6?,7?,8-,9+,10-,11?,12+,13?,14-/m0/s1. The minimum absolute atomic E-state index is 0.574. The van der Waals surface area contributed by atoms with E-state index in [4.69, 9.17) is 14.2 Å². The van der Waals surface area contributed by atoms with Crippen molar-refractivity contribution in [1.29, 1.82) is 0 Å². The molecule has 0 aromatic rings. The van der Waals surface area contributed by atoms with Gasteiger partial charge in [0.15, 0.2) is 12.6 Å². The van der Waals surface area contributed by atoms with E-state index in [0.29, 0.717) is 0 Å². The van der Waals surface area contributed by atoms with Crippen LogP contribution in [0.25, 0.3) is 0 Å². The second kappa shape index (κ2) is 8.84. The molecule has 0 spiro atoms. The highest BCUT2D eigenvalue weighted by Crippen LogP contribution is 2.28. The first-order valence-corrected chi connectivity index (χ1v) is 8.06. The number of nitrogens with one attached hydrogen (secondary N) is 1. The highest BCUT2D eigenvalue weighted by Gasteiger charge is 2.50. The largest absolute Gasteiger partial charge is 0.394 e. The van der Waals surface area contributed by atoms with Gasteiger partial charge in [0, 0.05) is 6.92 Å². The zero-order valence-corrected chi connectivity index (χ0v) is 14.0. The predicted molar refractivity (Wildman–Crippen MR) is 80.2 cm³/mol. The van der Waals surface area contributed by atoms with Gasteiger partial charge in [0.2, 0.25) is 5.91 Å². The molecule has 2 rings (SSSR count). The maximum atomic E-state index is 11.4. The van der Waals surface area contributed by atoms with Crippen LogP contribution in [-0.2, 0) is 19.0 Å². The van der Waals surface area contributed by atoms with Gasteiger partial charge in [0.25, 0.3) is 0 Å². The Morgan fingerprint density at radius 2 is 1.50 bits per heavy atom. The van der Waals surface area contributed by atoms with Crippen molar-refractivity contribution in [2.75, 3.05) is 13.2 Å². The third-order valence-corrected chi connectivity index (χ3v) is 4.38. The summed E-state index contributed by atoms with van der Waals surface area (Å²) in [4.78, 5) is 11.4. The van der Waals surface area contributed by atoms with E-state index in [9.17, 15) is 40.5 Å². The number of amides is 1. The average molecular weight is 383 g/mol. The molecule has 12 nitrogen and oxygen atoms in total. The SMILES string of the molecule is CC(=O)NC1C(O)OC(CO)[C@@H](O)[C@@H]1O[C@@H]1OC(CO)[C@H](O)[C@H](O)C1O. The summed E-state index contributed by atoms with van der Waals surface area (Å²) in [6.45, 7) is -0.195. The van der Waals surface area contributed by atoms with Crippen molar-refractivity contribution in [3.05, 3.63) is 0 Å². The highest BCUT2D eigenvalue weighted by atomic mass is 16.7. The van der Waals surface area contributed by atoms with Crippen molar-refractivity contribution in [2.45, 2.75) is 68.3 Å². The first kappa shape index (κ1) is 21.4. The van der Waals surface area contributed by atoms with Crippen molar-refractivity contribution < 1.29 is 54.8 Å². The van der Waals surface area contributed by atoms with Crippen LogP contribution in [0.4, 0.5) is 0 Å². The van der Waals surface area contributed by atoms with Crippen LogP contribution in [0, 0.1) is 0 Å². The number of carbonyl (C=O) groups excluding carboxylic acids is 1. The fourth-order valence-electron chi connectivity index (χ4n) is 2.97. The van der Waals surface area contributed by atoms with Gasteiger partial charge in [-0.3, -0.25) is 4.79 Å². The zero-order chi connectivity index (χ0) is 19.6. The predicted octanol–water partition coefficient (Wildman–Crippen LogP) is -5.25. The minimum Gasteiger partial charge on any atom is -0.394 e. The molecule has 152 valence electrons. The number of aliphatic hydroxyl groups excluding tert-OH is 7. The molecule has 0 bridgehead atoms. The van der Waals surface area contributed by atoms with Gasteiger partial charge in [-0.05, 0) is 0 Å². The molecule has 0 aliphatic carbocycles. The average Bonchev–Trinajstić information content (AvgIpc) is 2.60. The second-order valence-electron chi connectivity index (χ2n) is 6.26. The lowest BCUT2D eigenvalue weighted by atomic mass is 9.95. The molecule has 0 aromatic carbocycles. The van der Waals surface area contributed by atoms with E-state index in [1.165, 1.54) is 0 Å². The van der Waals surface area contributed by atoms with Crippen LogP contribution in [0.2, 0.25) is 0 Å². The molecule has 0 saturated carbocycles. The van der Waals surface area contributed by atoms with E-state index in [-0.39, 0.29) is 0 Å². The van der Waals surface area contributed by atoms with E-state index in [1.807, 2.05) is 0 Å². The number of hydrogen-bond donors (Lipinski definition) is 8. The monoisotopic (exact) mass is 383 g/mol. The van der Waals surface area contributed by atoms with E-state index < -0.39 is 80.5 Å². The molecule has 2 aliphatic heterocycles. The van der Waals surface area contributed by atoms with Crippen LogP contribution in [0.15, 0.2) is 0 Å². The second-order valence-corrected chi connectivity index (χ2v) is 6.26. The third-order valence-electron chi connectivity index (χ3n) is 4.38. The van der Waals surface area contributed by atoms with E-state index >= 15 is 0 Å². The summed E-state index contributed by atoms with van der Waals surface area (Å²) in [7, 11) is 0. The minimum atomic E-state index is -1.74. The Morgan fingerprint density at radius 1 is 0.923 bits per heavy atom. The molecule has 26 heavy (non-hydrogen) atoms. The first-order chi connectivity index (χ1) is 12.2. The lowest BCUT2D eigenvalue weighted by molar-refractivity contribution is -0.341. The maximum absolute atomic E-state index is 11.4. The van der Waals surface area contributed by atoms with Gasteiger partial charge in [0.1, 0.15) is 48.8 Å². The van der Waals surface area contributed by atoms with Crippen molar-refractivity contribution >= 4 is 5.91 Å². The van der Waals surface area contributed by atoms with Crippen molar-refractivity contribution in [2.24, 2.45) is 0 Å². The van der Waals surface area contributed by atoms with Crippen molar-refractivity contribution in [3.8, 4) is 0 Å². The molecule has 2 heterocycles. The van der Waals surface area contributed by atoms with Crippen LogP contribution in [0.3, 0.4) is 0 Å². The lowest BCUT2D eigenvalue weighted by Gasteiger charge is -2.46. The van der Waals surface area contributed by atoms with Gasteiger partial charge in [-0.25, -0.2) is 0 Å². The number of aliphatic hydroxyl groups is 7. The maximum Gasteiger partial charge on any atom is 0.217 e. The van der Waals surface area contributed by atoms with E-state index in [0.717, 1.165) is 6.92 Å². The Bertz CT molecular complexity index is 478. The Hall–Kier alpha value is -0.930. The zero-order valence-electron chi connectivity index (χ0n) is 14.0. The molecular formula is C14H25NO11. The molecule has 0 radical (unpaired) electrons. The van der Waals surface area contributed by atoms with Crippen molar-refractivity contribution in [1.82, 2.24) is 5.32 Å². The van der Waals surface area contributed by atoms with Gasteiger partial charge >= 0.3 is 0 Å². The van der Waals surface area contributed by atoms with Crippen LogP contribution in [-0.4, -0.2) is 116 Å². The van der Waals surface area contributed by atoms with Crippen molar-refractivity contribution in [3.63, 3.8) is 0 Å². The van der Waals surface area contributed by atoms with Crippen LogP contribution >= 0.6 is 0 Å². The summed E-state index contributed by atoms with van der Waals surface area (Å²) in [5, 5.41) is 70.7. The lowest BCUT2D eigenvalue weighted by Crippen LogP contribution is -2.67. The van der Waals surface area contributed by atoms with Gasteiger partial charge in [0.05, 0.1) is 13.2 Å². The smallest absolute Gasteiger partial charge is 0.217 e. The van der Waals surface area contributed by atoms with Gasteiger partial charge in [-0.2, -0.15) is 0 Å². The van der Waals surface area contributed by atoms with Crippen LogP contribution in [0.1, 0.15) is 6.92 Å². The summed E-state index contributed by atoms with van der Waals surface area (Å²) < 4.78 is 15.7.